The first kappa shape index (κ1) is 33.7. The van der Waals surface area contributed by atoms with Gasteiger partial charge < -0.3 is 24.4 Å². The zero-order valence-electron chi connectivity index (χ0n) is 27.0. The lowest BCUT2D eigenvalue weighted by Crippen LogP contribution is -2.36. The number of carboxylic acid groups (broad SMARTS) is 1. The first-order chi connectivity index (χ1) is 22.4. The normalized spacial score (nSPS) is 13.6. The molecule has 0 aliphatic carbocycles. The number of rotatable bonds is 11. The zero-order chi connectivity index (χ0) is 33.7. The number of hydrogen-bond donors (Lipinski definition) is 1. The molecule has 0 amide bonds. The van der Waals surface area contributed by atoms with Gasteiger partial charge in [-0.3, -0.25) is 0 Å². The van der Waals surface area contributed by atoms with Crippen LogP contribution in [0, 0.1) is 13.8 Å². The Hall–Kier alpha value is -4.64. The Balaban J connectivity index is 1.59. The van der Waals surface area contributed by atoms with Crippen molar-refractivity contribution in [3.05, 3.63) is 100 Å². The maximum Gasteiger partial charge on any atom is 0.416 e. The van der Waals surface area contributed by atoms with Crippen molar-refractivity contribution in [2.75, 3.05) is 42.7 Å². The Kier molecular flexibility index (Phi) is 10.3. The van der Waals surface area contributed by atoms with Crippen molar-refractivity contribution < 1.29 is 32.5 Å². The lowest BCUT2D eigenvalue weighted by molar-refractivity contribution is -0.139. The topological polar surface area (TPSA) is 88.0 Å². The number of anilines is 2. The lowest BCUT2D eigenvalue weighted by Gasteiger charge is -2.29. The van der Waals surface area contributed by atoms with E-state index in [1.165, 1.54) is 0 Å². The molecule has 0 radical (unpaired) electrons. The molecule has 0 saturated carbocycles. The Morgan fingerprint density at radius 2 is 1.70 bits per heavy atom. The van der Waals surface area contributed by atoms with E-state index < -0.39 is 24.3 Å². The molecule has 2 heterocycles. The zero-order valence-corrected chi connectivity index (χ0v) is 27.0. The van der Waals surface area contributed by atoms with Gasteiger partial charge in [-0.15, -0.1) is 0 Å². The van der Waals surface area contributed by atoms with Gasteiger partial charge in [0, 0.05) is 26.2 Å². The summed E-state index contributed by atoms with van der Waals surface area (Å²) < 4.78 is 52.5. The summed E-state index contributed by atoms with van der Waals surface area (Å²) in [6, 6.07) is 15.7. The van der Waals surface area contributed by atoms with E-state index in [1.807, 2.05) is 17.9 Å². The van der Waals surface area contributed by atoms with Crippen LogP contribution in [0.2, 0.25) is 0 Å². The van der Waals surface area contributed by atoms with E-state index in [0.29, 0.717) is 49.1 Å². The van der Waals surface area contributed by atoms with Crippen LogP contribution in [-0.2, 0) is 28.8 Å². The summed E-state index contributed by atoms with van der Waals surface area (Å²) in [7, 11) is 0. The molecule has 11 heteroatoms. The highest BCUT2D eigenvalue weighted by Gasteiger charge is 2.31. The molecule has 0 atom stereocenters. The fourth-order valence-electron chi connectivity index (χ4n) is 5.69. The number of alkyl halides is 3. The first-order valence-corrected chi connectivity index (χ1v) is 15.5. The van der Waals surface area contributed by atoms with Crippen molar-refractivity contribution in [3.63, 3.8) is 0 Å². The summed E-state index contributed by atoms with van der Waals surface area (Å²) in [6.45, 7) is 10.3. The summed E-state index contributed by atoms with van der Waals surface area (Å²) >= 11 is 0. The maximum atomic E-state index is 13.8. The first-order valence-electron chi connectivity index (χ1n) is 15.5. The van der Waals surface area contributed by atoms with Crippen molar-refractivity contribution in [1.82, 2.24) is 9.97 Å². The Labute approximate surface area is 272 Å². The van der Waals surface area contributed by atoms with Crippen LogP contribution in [0.15, 0.2) is 67.0 Å². The van der Waals surface area contributed by atoms with Crippen LogP contribution < -0.4 is 14.5 Å². The second kappa shape index (κ2) is 14.4. The standard InChI is InChI=1S/C36H39F3N4O4/c1-23(2)27-6-5-25(4)33(17-27)32-8-7-31(47-22-34(44)45)16-28(32)21-43(20-26-13-24(3)14-29(15-26)36(37,38)39)35-40-18-30(19-41-35)42-9-11-46-12-10-42/h5-8,13-19,23H,9-12,20-22H2,1-4H3,(H,44,45). The minimum absolute atomic E-state index is 0.0896. The van der Waals surface area contributed by atoms with E-state index in [-0.39, 0.29) is 19.0 Å². The molecule has 0 spiro atoms. The number of aryl methyl sites for hydroxylation is 2. The van der Waals surface area contributed by atoms with Gasteiger partial charge in [-0.1, -0.05) is 49.7 Å². The Bertz CT molecular complexity index is 1700. The van der Waals surface area contributed by atoms with Crippen molar-refractivity contribution in [3.8, 4) is 16.9 Å². The third kappa shape index (κ3) is 8.59. The van der Waals surface area contributed by atoms with Gasteiger partial charge in [-0.25, -0.2) is 14.8 Å². The minimum Gasteiger partial charge on any atom is -0.482 e. The predicted molar refractivity (Wildman–Crippen MR) is 175 cm³/mol. The van der Waals surface area contributed by atoms with E-state index in [9.17, 15) is 23.1 Å². The lowest BCUT2D eigenvalue weighted by atomic mass is 9.91. The van der Waals surface area contributed by atoms with Gasteiger partial charge in [0.2, 0.25) is 5.95 Å². The van der Waals surface area contributed by atoms with Crippen molar-refractivity contribution in [2.24, 2.45) is 0 Å². The van der Waals surface area contributed by atoms with E-state index in [1.54, 1.807) is 37.5 Å². The van der Waals surface area contributed by atoms with Crippen LogP contribution in [0.3, 0.4) is 0 Å². The minimum atomic E-state index is -4.50. The molecule has 1 aromatic heterocycles. The van der Waals surface area contributed by atoms with E-state index >= 15 is 0 Å². The van der Waals surface area contributed by atoms with Crippen LogP contribution in [0.4, 0.5) is 24.8 Å². The molecule has 4 aromatic rings. The molecule has 0 unspecified atom stereocenters. The highest BCUT2D eigenvalue weighted by Crippen LogP contribution is 2.35. The molecule has 248 valence electrons. The molecule has 3 aromatic carbocycles. The molecule has 0 bridgehead atoms. The van der Waals surface area contributed by atoms with Gasteiger partial charge in [0.15, 0.2) is 6.61 Å². The Morgan fingerprint density at radius 1 is 0.979 bits per heavy atom. The van der Waals surface area contributed by atoms with Crippen LogP contribution in [-0.4, -0.2) is 54.0 Å². The van der Waals surface area contributed by atoms with E-state index in [0.717, 1.165) is 45.6 Å². The van der Waals surface area contributed by atoms with Crippen molar-refractivity contribution in [1.29, 1.82) is 0 Å². The Morgan fingerprint density at radius 3 is 2.36 bits per heavy atom. The molecular formula is C36H39F3N4O4. The number of ether oxygens (including phenoxy) is 2. The summed E-state index contributed by atoms with van der Waals surface area (Å²) in [5.41, 5.74) is 5.92. The highest BCUT2D eigenvalue weighted by atomic mass is 19.4. The number of carboxylic acids is 1. The van der Waals surface area contributed by atoms with Crippen LogP contribution in [0.25, 0.3) is 11.1 Å². The van der Waals surface area contributed by atoms with Crippen molar-refractivity contribution >= 4 is 17.6 Å². The van der Waals surface area contributed by atoms with Gasteiger partial charge in [-0.05, 0) is 77.4 Å². The quantitative estimate of drug-likeness (QED) is 0.180. The van der Waals surface area contributed by atoms with Crippen molar-refractivity contribution in [2.45, 2.75) is 52.9 Å². The van der Waals surface area contributed by atoms with Gasteiger partial charge in [-0.2, -0.15) is 13.2 Å². The molecule has 1 saturated heterocycles. The van der Waals surface area contributed by atoms with E-state index in [4.69, 9.17) is 9.47 Å². The third-order valence-electron chi connectivity index (χ3n) is 8.14. The molecular weight excluding hydrogens is 609 g/mol. The van der Waals surface area contributed by atoms with Crippen LogP contribution >= 0.6 is 0 Å². The average molecular weight is 649 g/mol. The predicted octanol–water partition coefficient (Wildman–Crippen LogP) is 7.41. The number of aliphatic carboxylic acids is 1. The number of halogens is 3. The molecule has 1 fully saturated rings. The number of hydrogen-bond acceptors (Lipinski definition) is 7. The highest BCUT2D eigenvalue weighted by molar-refractivity contribution is 5.73. The molecule has 1 aliphatic rings. The monoisotopic (exact) mass is 648 g/mol. The number of carbonyl (C=O) groups is 1. The summed E-state index contributed by atoms with van der Waals surface area (Å²) in [5, 5.41) is 9.23. The second-order valence-electron chi connectivity index (χ2n) is 12.1. The number of nitrogens with zero attached hydrogens (tertiary/aromatic N) is 4. The molecule has 1 aliphatic heterocycles. The van der Waals surface area contributed by atoms with Gasteiger partial charge in [0.25, 0.3) is 0 Å². The van der Waals surface area contributed by atoms with Gasteiger partial charge >= 0.3 is 12.1 Å². The van der Waals surface area contributed by atoms with Crippen LogP contribution in [0.1, 0.15) is 53.1 Å². The van der Waals surface area contributed by atoms with E-state index in [2.05, 4.69) is 46.9 Å². The smallest absolute Gasteiger partial charge is 0.416 e. The molecule has 5 rings (SSSR count). The summed E-state index contributed by atoms with van der Waals surface area (Å²) in [4.78, 5) is 24.6. The second-order valence-corrected chi connectivity index (χ2v) is 12.1. The molecule has 8 nitrogen and oxygen atoms in total. The maximum absolute atomic E-state index is 13.8. The number of benzene rings is 3. The fraction of sp³-hybridized carbons (Fsp3) is 0.361. The molecule has 47 heavy (non-hydrogen) atoms. The van der Waals surface area contributed by atoms with Gasteiger partial charge in [0.05, 0.1) is 36.9 Å². The summed E-state index contributed by atoms with van der Waals surface area (Å²) in [5.74, 6) is -0.115. The largest absolute Gasteiger partial charge is 0.482 e. The fourth-order valence-corrected chi connectivity index (χ4v) is 5.69. The third-order valence-corrected chi connectivity index (χ3v) is 8.14. The summed E-state index contributed by atoms with van der Waals surface area (Å²) in [6.07, 6.45) is -1.05. The SMILES string of the molecule is Cc1cc(CN(Cc2cc(OCC(=O)O)ccc2-c2cc(C(C)C)ccc2C)c2ncc(N3CCOCC3)cn2)cc(C(F)(F)F)c1. The number of aromatic nitrogens is 2. The average Bonchev–Trinajstić information content (AvgIpc) is 3.03. The number of morpholine rings is 1. The van der Waals surface area contributed by atoms with Gasteiger partial charge in [0.1, 0.15) is 5.75 Å². The van der Waals surface area contributed by atoms with Crippen LogP contribution in [0.5, 0.6) is 5.75 Å². The molecule has 1 N–H and O–H groups in total.